The van der Waals surface area contributed by atoms with Crippen molar-refractivity contribution in [1.29, 1.82) is 0 Å². The van der Waals surface area contributed by atoms with Crippen molar-refractivity contribution in [2.75, 3.05) is 13.2 Å². The number of hydrogen-bond acceptors (Lipinski definition) is 3. The van der Waals surface area contributed by atoms with Crippen LogP contribution in [-0.2, 0) is 4.74 Å². The van der Waals surface area contributed by atoms with Crippen LogP contribution in [0.15, 0.2) is 18.2 Å². The summed E-state index contributed by atoms with van der Waals surface area (Å²) in [5.41, 5.74) is 6.29. The Balaban J connectivity index is 2.21. The summed E-state index contributed by atoms with van der Waals surface area (Å²) < 4.78 is 11.0. The van der Waals surface area contributed by atoms with E-state index in [2.05, 4.69) is 0 Å². The molecule has 1 aliphatic heterocycles. The minimum absolute atomic E-state index is 0.0780. The Morgan fingerprint density at radius 1 is 1.56 bits per heavy atom. The van der Waals surface area contributed by atoms with Crippen LogP contribution in [0.3, 0.4) is 0 Å². The molecule has 16 heavy (non-hydrogen) atoms. The Morgan fingerprint density at radius 2 is 2.38 bits per heavy atom. The first kappa shape index (κ1) is 11.6. The number of hydrogen-bond donors (Lipinski definition) is 1. The highest BCUT2D eigenvalue weighted by atomic mass is 35.5. The molecule has 1 saturated heterocycles. The number of benzene rings is 1. The van der Waals surface area contributed by atoms with Gasteiger partial charge in [0, 0.05) is 11.4 Å². The highest BCUT2D eigenvalue weighted by molar-refractivity contribution is 7.80. The van der Waals surface area contributed by atoms with E-state index in [4.69, 9.17) is 39.0 Å². The van der Waals surface area contributed by atoms with Gasteiger partial charge in [-0.1, -0.05) is 23.8 Å². The van der Waals surface area contributed by atoms with Gasteiger partial charge in [-0.2, -0.15) is 0 Å². The van der Waals surface area contributed by atoms with E-state index in [1.165, 1.54) is 0 Å². The molecule has 0 radical (unpaired) electrons. The lowest BCUT2D eigenvalue weighted by molar-refractivity contribution is 0.141. The van der Waals surface area contributed by atoms with Crippen molar-refractivity contribution < 1.29 is 9.47 Å². The SMILES string of the molecule is NC(=S)c1cc(Cl)ccc1OC1CCOC1. The van der Waals surface area contributed by atoms with E-state index in [0.717, 1.165) is 13.0 Å². The van der Waals surface area contributed by atoms with Gasteiger partial charge in [-0.25, -0.2) is 0 Å². The van der Waals surface area contributed by atoms with Crippen LogP contribution in [-0.4, -0.2) is 24.3 Å². The fraction of sp³-hybridized carbons (Fsp3) is 0.364. The molecule has 1 fully saturated rings. The van der Waals surface area contributed by atoms with Gasteiger partial charge < -0.3 is 15.2 Å². The number of rotatable bonds is 3. The standard InChI is InChI=1S/C11H12ClNO2S/c12-7-1-2-10(9(5-7)11(13)16)15-8-3-4-14-6-8/h1-2,5,8H,3-4,6H2,(H2,13,16). The molecular weight excluding hydrogens is 246 g/mol. The fourth-order valence-corrected chi connectivity index (χ4v) is 1.91. The molecule has 0 saturated carbocycles. The third kappa shape index (κ3) is 2.64. The second kappa shape index (κ2) is 4.99. The van der Waals surface area contributed by atoms with Gasteiger partial charge >= 0.3 is 0 Å². The van der Waals surface area contributed by atoms with Crippen molar-refractivity contribution in [2.24, 2.45) is 5.73 Å². The molecule has 1 aromatic rings. The van der Waals surface area contributed by atoms with Crippen LogP contribution in [0.2, 0.25) is 5.02 Å². The van der Waals surface area contributed by atoms with Crippen molar-refractivity contribution in [2.45, 2.75) is 12.5 Å². The predicted molar refractivity (Wildman–Crippen MR) is 67.2 cm³/mol. The summed E-state index contributed by atoms with van der Waals surface area (Å²) in [5, 5.41) is 0.595. The molecule has 5 heteroatoms. The van der Waals surface area contributed by atoms with E-state index in [1.807, 2.05) is 0 Å². The normalized spacial score (nSPS) is 19.7. The number of nitrogens with two attached hydrogens (primary N) is 1. The monoisotopic (exact) mass is 257 g/mol. The molecule has 0 aromatic heterocycles. The van der Waals surface area contributed by atoms with Gasteiger partial charge in [-0.3, -0.25) is 0 Å². The highest BCUT2D eigenvalue weighted by Crippen LogP contribution is 2.25. The molecule has 2 N–H and O–H groups in total. The Morgan fingerprint density at radius 3 is 3.00 bits per heavy atom. The average molecular weight is 258 g/mol. The van der Waals surface area contributed by atoms with Crippen molar-refractivity contribution in [1.82, 2.24) is 0 Å². The van der Waals surface area contributed by atoms with Crippen LogP contribution in [0, 0.1) is 0 Å². The number of ether oxygens (including phenoxy) is 2. The molecule has 86 valence electrons. The fourth-order valence-electron chi connectivity index (χ4n) is 1.58. The van der Waals surface area contributed by atoms with E-state index >= 15 is 0 Å². The summed E-state index contributed by atoms with van der Waals surface area (Å²) in [5.74, 6) is 0.674. The van der Waals surface area contributed by atoms with Crippen LogP contribution in [0.4, 0.5) is 0 Å². The van der Waals surface area contributed by atoms with E-state index in [0.29, 0.717) is 22.9 Å². The zero-order valence-electron chi connectivity index (χ0n) is 8.61. The first-order valence-electron chi connectivity index (χ1n) is 5.00. The lowest BCUT2D eigenvalue weighted by atomic mass is 10.2. The van der Waals surface area contributed by atoms with Crippen LogP contribution in [0.1, 0.15) is 12.0 Å². The van der Waals surface area contributed by atoms with Gasteiger partial charge in [-0.15, -0.1) is 0 Å². The van der Waals surface area contributed by atoms with Gasteiger partial charge in [0.15, 0.2) is 0 Å². The first-order valence-corrected chi connectivity index (χ1v) is 5.79. The van der Waals surface area contributed by atoms with Crippen molar-refractivity contribution in [3.8, 4) is 5.75 Å². The summed E-state index contributed by atoms with van der Waals surface area (Å²) in [4.78, 5) is 0.288. The quantitative estimate of drug-likeness (QED) is 0.843. The van der Waals surface area contributed by atoms with Crippen molar-refractivity contribution in [3.63, 3.8) is 0 Å². The summed E-state index contributed by atoms with van der Waals surface area (Å²) in [6, 6.07) is 5.26. The molecule has 2 rings (SSSR count). The van der Waals surface area contributed by atoms with Gasteiger partial charge in [0.1, 0.15) is 16.8 Å². The van der Waals surface area contributed by atoms with E-state index < -0.39 is 0 Å². The molecule has 1 heterocycles. The molecule has 1 aliphatic rings. The van der Waals surface area contributed by atoms with Crippen molar-refractivity contribution in [3.05, 3.63) is 28.8 Å². The molecule has 0 aliphatic carbocycles. The van der Waals surface area contributed by atoms with Gasteiger partial charge in [0.05, 0.1) is 18.8 Å². The lowest BCUT2D eigenvalue weighted by Crippen LogP contribution is -2.19. The average Bonchev–Trinajstić information content (AvgIpc) is 2.73. The van der Waals surface area contributed by atoms with Crippen molar-refractivity contribution >= 4 is 28.8 Å². The summed E-state index contributed by atoms with van der Waals surface area (Å²) >= 11 is 10.8. The highest BCUT2D eigenvalue weighted by Gasteiger charge is 2.19. The molecule has 3 nitrogen and oxygen atoms in total. The zero-order chi connectivity index (χ0) is 11.5. The van der Waals surface area contributed by atoms with Crippen LogP contribution < -0.4 is 10.5 Å². The number of halogens is 1. The van der Waals surface area contributed by atoms with Gasteiger partial charge in [0.25, 0.3) is 0 Å². The predicted octanol–water partition coefficient (Wildman–Crippen LogP) is 2.14. The summed E-state index contributed by atoms with van der Waals surface area (Å²) in [7, 11) is 0. The largest absolute Gasteiger partial charge is 0.487 e. The molecule has 1 unspecified atom stereocenters. The maximum Gasteiger partial charge on any atom is 0.130 e. The molecule has 1 atom stereocenters. The minimum Gasteiger partial charge on any atom is -0.487 e. The van der Waals surface area contributed by atoms with Crippen LogP contribution in [0.5, 0.6) is 5.75 Å². The molecule has 0 amide bonds. The summed E-state index contributed by atoms with van der Waals surface area (Å²) in [6.45, 7) is 1.35. The van der Waals surface area contributed by atoms with E-state index in [9.17, 15) is 0 Å². The van der Waals surface area contributed by atoms with Crippen LogP contribution >= 0.6 is 23.8 Å². The molecular formula is C11H12ClNO2S. The Hall–Kier alpha value is -0.840. The van der Waals surface area contributed by atoms with E-state index in [-0.39, 0.29) is 11.1 Å². The van der Waals surface area contributed by atoms with E-state index in [1.54, 1.807) is 18.2 Å². The third-order valence-electron chi connectivity index (χ3n) is 2.39. The maximum atomic E-state index is 5.88. The maximum absolute atomic E-state index is 5.88. The van der Waals surface area contributed by atoms with Crippen LogP contribution in [0.25, 0.3) is 0 Å². The van der Waals surface area contributed by atoms with Gasteiger partial charge in [0.2, 0.25) is 0 Å². The zero-order valence-corrected chi connectivity index (χ0v) is 10.2. The first-order chi connectivity index (χ1) is 7.66. The smallest absolute Gasteiger partial charge is 0.130 e. The molecule has 0 bridgehead atoms. The second-order valence-corrected chi connectivity index (χ2v) is 4.48. The third-order valence-corrected chi connectivity index (χ3v) is 2.84. The Labute approximate surface area is 104 Å². The lowest BCUT2D eigenvalue weighted by Gasteiger charge is -2.15. The Bertz CT molecular complexity index is 405. The topological polar surface area (TPSA) is 44.5 Å². The minimum atomic E-state index is 0.0780. The number of thiocarbonyl (C=S) groups is 1. The Kier molecular flexibility index (Phi) is 3.63. The molecule has 1 aromatic carbocycles. The second-order valence-electron chi connectivity index (χ2n) is 3.61. The molecule has 0 spiro atoms. The summed E-state index contributed by atoms with van der Waals surface area (Å²) in [6.07, 6.45) is 0.966. The van der Waals surface area contributed by atoms with Gasteiger partial charge in [-0.05, 0) is 18.2 Å².